The Balaban J connectivity index is 1.57. The van der Waals surface area contributed by atoms with Gasteiger partial charge in [-0.25, -0.2) is 0 Å². The number of rotatable bonds is 8. The lowest BCUT2D eigenvalue weighted by molar-refractivity contribution is -0.143. The molecule has 1 aliphatic heterocycles. The van der Waals surface area contributed by atoms with Crippen molar-refractivity contribution in [3.05, 3.63) is 45.0 Å². The highest BCUT2D eigenvalue weighted by molar-refractivity contribution is 9.10. The van der Waals surface area contributed by atoms with E-state index in [2.05, 4.69) is 29.8 Å². The van der Waals surface area contributed by atoms with Gasteiger partial charge in [-0.2, -0.15) is 0 Å². The third-order valence-electron chi connectivity index (χ3n) is 8.55. The first kappa shape index (κ1) is 28.1. The van der Waals surface area contributed by atoms with Crippen molar-refractivity contribution in [2.45, 2.75) is 84.3 Å². The van der Waals surface area contributed by atoms with E-state index >= 15 is 0 Å². The first-order valence-corrected chi connectivity index (χ1v) is 14.5. The Morgan fingerprint density at radius 3 is 2.51 bits per heavy atom. The molecule has 0 unspecified atom stereocenters. The zero-order valence-corrected chi connectivity index (χ0v) is 23.7. The lowest BCUT2D eigenvalue weighted by Crippen LogP contribution is -2.42. The van der Waals surface area contributed by atoms with Gasteiger partial charge in [0.25, 0.3) is 0 Å². The third kappa shape index (κ3) is 5.74. The van der Waals surface area contributed by atoms with E-state index in [1.54, 1.807) is 12.1 Å². The maximum absolute atomic E-state index is 13.6. The minimum absolute atomic E-state index is 0.0307. The molecule has 1 aromatic rings. The van der Waals surface area contributed by atoms with Crippen LogP contribution >= 0.6 is 15.9 Å². The third-order valence-corrected chi connectivity index (χ3v) is 9.04. The normalized spacial score (nSPS) is 26.3. The van der Waals surface area contributed by atoms with Crippen LogP contribution in [0.3, 0.4) is 0 Å². The van der Waals surface area contributed by atoms with Gasteiger partial charge in [0.05, 0.1) is 24.5 Å². The van der Waals surface area contributed by atoms with Crippen molar-refractivity contribution < 1.29 is 24.9 Å². The SMILES string of the molecule is C/C(=C\c1cc(Br)ccc1O)CC[C@@H](O)C1=C(C(C)C)C[C@H]2C(=O)N(C3CCCCC3)C(=O)[C@H]2[C@H]1CO. The molecule has 7 heteroatoms. The summed E-state index contributed by atoms with van der Waals surface area (Å²) in [6, 6.07) is 5.23. The van der Waals surface area contributed by atoms with Crippen molar-refractivity contribution in [2.24, 2.45) is 23.7 Å². The Morgan fingerprint density at radius 2 is 1.86 bits per heavy atom. The molecule has 0 spiro atoms. The monoisotopic (exact) mass is 573 g/mol. The van der Waals surface area contributed by atoms with Crippen molar-refractivity contribution in [1.82, 2.24) is 4.90 Å². The quantitative estimate of drug-likeness (QED) is 0.278. The molecule has 1 aromatic carbocycles. The lowest BCUT2D eigenvalue weighted by Gasteiger charge is -2.38. The molecule has 0 radical (unpaired) electrons. The molecule has 37 heavy (non-hydrogen) atoms. The van der Waals surface area contributed by atoms with Crippen LogP contribution in [0, 0.1) is 23.7 Å². The van der Waals surface area contributed by atoms with Crippen LogP contribution in [-0.4, -0.2) is 50.8 Å². The Labute approximate surface area is 228 Å². The molecule has 202 valence electrons. The van der Waals surface area contributed by atoms with Gasteiger partial charge < -0.3 is 15.3 Å². The highest BCUT2D eigenvalue weighted by Gasteiger charge is 2.56. The maximum Gasteiger partial charge on any atom is 0.234 e. The largest absolute Gasteiger partial charge is 0.507 e. The van der Waals surface area contributed by atoms with E-state index in [9.17, 15) is 24.9 Å². The second-order valence-corrected chi connectivity index (χ2v) is 12.3. The summed E-state index contributed by atoms with van der Waals surface area (Å²) in [5.74, 6) is -1.54. The fourth-order valence-electron chi connectivity index (χ4n) is 6.67. The molecule has 2 amide bonds. The molecular formula is C30H40BrNO5. The van der Waals surface area contributed by atoms with Gasteiger partial charge in [0.2, 0.25) is 11.8 Å². The zero-order valence-electron chi connectivity index (χ0n) is 22.1. The minimum atomic E-state index is -0.818. The number of aliphatic hydroxyl groups excluding tert-OH is 2. The molecule has 4 atom stereocenters. The highest BCUT2D eigenvalue weighted by Crippen LogP contribution is 2.49. The molecule has 1 saturated carbocycles. The number of phenolic OH excluding ortho intramolecular Hbond substituents is 1. The number of fused-ring (bicyclic) bond motifs is 1. The number of imide groups is 1. The Bertz CT molecular complexity index is 1090. The fraction of sp³-hybridized carbons (Fsp3) is 0.600. The fourth-order valence-corrected chi connectivity index (χ4v) is 7.05. The Kier molecular flexibility index (Phi) is 8.97. The van der Waals surface area contributed by atoms with Crippen LogP contribution in [0.4, 0.5) is 0 Å². The summed E-state index contributed by atoms with van der Waals surface area (Å²) < 4.78 is 0.872. The summed E-state index contributed by atoms with van der Waals surface area (Å²) >= 11 is 3.43. The van der Waals surface area contributed by atoms with Gasteiger partial charge >= 0.3 is 0 Å². The van der Waals surface area contributed by atoms with E-state index in [1.165, 1.54) is 4.90 Å². The van der Waals surface area contributed by atoms with Crippen molar-refractivity contribution in [2.75, 3.05) is 6.61 Å². The molecule has 1 saturated heterocycles. The number of likely N-dealkylation sites (tertiary alicyclic amines) is 1. The van der Waals surface area contributed by atoms with Crippen molar-refractivity contribution >= 4 is 33.8 Å². The van der Waals surface area contributed by atoms with Crippen molar-refractivity contribution in [3.8, 4) is 5.75 Å². The van der Waals surface area contributed by atoms with E-state index in [0.717, 1.165) is 53.3 Å². The summed E-state index contributed by atoms with van der Waals surface area (Å²) in [4.78, 5) is 28.7. The van der Waals surface area contributed by atoms with E-state index in [4.69, 9.17) is 0 Å². The first-order valence-electron chi connectivity index (χ1n) is 13.7. The number of aliphatic hydroxyl groups is 2. The van der Waals surface area contributed by atoms with Gasteiger partial charge in [0, 0.05) is 22.0 Å². The van der Waals surface area contributed by atoms with E-state index < -0.39 is 23.9 Å². The molecule has 2 aliphatic carbocycles. The number of halogens is 1. The average Bonchev–Trinajstić information content (AvgIpc) is 3.13. The number of benzene rings is 1. The first-order chi connectivity index (χ1) is 17.6. The molecular weight excluding hydrogens is 534 g/mol. The number of carbonyl (C=O) groups is 2. The second kappa shape index (κ2) is 11.8. The van der Waals surface area contributed by atoms with Crippen molar-refractivity contribution in [3.63, 3.8) is 0 Å². The summed E-state index contributed by atoms with van der Waals surface area (Å²) in [5, 5.41) is 32.1. The van der Waals surface area contributed by atoms with Gasteiger partial charge in [0.15, 0.2) is 0 Å². The summed E-state index contributed by atoms with van der Waals surface area (Å²) in [5.41, 5.74) is 3.47. The number of aromatic hydroxyl groups is 1. The molecule has 3 N–H and O–H groups in total. The minimum Gasteiger partial charge on any atom is -0.507 e. The zero-order chi connectivity index (χ0) is 26.9. The van der Waals surface area contributed by atoms with Crippen LogP contribution in [0.5, 0.6) is 5.75 Å². The van der Waals surface area contributed by atoms with E-state index in [-0.39, 0.29) is 36.1 Å². The highest BCUT2D eigenvalue weighted by atomic mass is 79.9. The molecule has 6 nitrogen and oxygen atoms in total. The van der Waals surface area contributed by atoms with Crippen LogP contribution < -0.4 is 0 Å². The number of hydrogen-bond donors (Lipinski definition) is 3. The van der Waals surface area contributed by atoms with E-state index in [1.807, 2.05) is 19.1 Å². The number of phenols is 1. The molecule has 3 aliphatic rings. The average molecular weight is 575 g/mol. The number of allylic oxidation sites excluding steroid dienone is 2. The van der Waals surface area contributed by atoms with Crippen LogP contribution in [-0.2, 0) is 9.59 Å². The van der Waals surface area contributed by atoms with Crippen LogP contribution in [0.15, 0.2) is 39.4 Å². The van der Waals surface area contributed by atoms with E-state index in [0.29, 0.717) is 24.8 Å². The smallest absolute Gasteiger partial charge is 0.234 e. The standard InChI is InChI=1S/C30H40BrNO5/c1-17(2)22-15-23-28(30(37)32(29(23)36)21-7-5-4-6-8-21)24(16-33)27(22)26(35)11-9-18(3)13-19-14-20(31)10-12-25(19)34/h10,12-14,17,21,23-24,26,28,33-35H,4-9,11,15-16H2,1-3H3/b18-13+/t23-,24+,26-,28-/m1/s1. The number of nitrogens with zero attached hydrogens (tertiary/aromatic N) is 1. The number of hydrogen-bond acceptors (Lipinski definition) is 5. The molecule has 0 bridgehead atoms. The van der Waals surface area contributed by atoms with Gasteiger partial charge in [-0.1, -0.05) is 66.3 Å². The van der Waals surface area contributed by atoms with Gasteiger partial charge in [-0.05, 0) is 68.7 Å². The van der Waals surface area contributed by atoms with Crippen molar-refractivity contribution in [1.29, 1.82) is 0 Å². The van der Waals surface area contributed by atoms with Crippen LogP contribution in [0.1, 0.15) is 77.7 Å². The number of amides is 2. The molecule has 4 rings (SSSR count). The number of carbonyl (C=O) groups excluding carboxylic acids is 2. The summed E-state index contributed by atoms with van der Waals surface area (Å²) in [7, 11) is 0. The van der Waals surface area contributed by atoms with Crippen LogP contribution in [0.2, 0.25) is 0 Å². The maximum atomic E-state index is 13.6. The molecule has 1 heterocycles. The predicted octanol–water partition coefficient (Wildman–Crippen LogP) is 5.60. The van der Waals surface area contributed by atoms with Crippen LogP contribution in [0.25, 0.3) is 6.08 Å². The second-order valence-electron chi connectivity index (χ2n) is 11.3. The molecule has 0 aromatic heterocycles. The summed E-state index contributed by atoms with van der Waals surface area (Å²) in [6.07, 6.45) is 7.52. The lowest BCUT2D eigenvalue weighted by atomic mass is 9.66. The van der Waals surface area contributed by atoms with Gasteiger partial charge in [-0.3, -0.25) is 14.5 Å². The van der Waals surface area contributed by atoms with Gasteiger partial charge in [-0.15, -0.1) is 0 Å². The summed E-state index contributed by atoms with van der Waals surface area (Å²) in [6.45, 7) is 5.81. The molecule has 2 fully saturated rings. The van der Waals surface area contributed by atoms with Gasteiger partial charge in [0.1, 0.15) is 5.75 Å². The Morgan fingerprint density at radius 1 is 1.16 bits per heavy atom. The Hall–Kier alpha value is -1.96. The topological polar surface area (TPSA) is 98.1 Å². The predicted molar refractivity (Wildman–Crippen MR) is 147 cm³/mol.